The van der Waals surface area contributed by atoms with Crippen molar-refractivity contribution in [1.29, 1.82) is 0 Å². The van der Waals surface area contributed by atoms with Gasteiger partial charge >= 0.3 is 5.97 Å². The Hall–Kier alpha value is -2.52. The summed E-state index contributed by atoms with van der Waals surface area (Å²) in [5.74, 6) is -2.02. The molecule has 2 amide bonds. The fraction of sp³-hybridized carbons (Fsp3) is 0.133. The van der Waals surface area contributed by atoms with Crippen molar-refractivity contribution in [3.8, 4) is 0 Å². The number of carbonyl (C=O) groups is 3. The van der Waals surface area contributed by atoms with Gasteiger partial charge in [-0.3, -0.25) is 13.8 Å². The van der Waals surface area contributed by atoms with Gasteiger partial charge in [0.05, 0.1) is 26.8 Å². The van der Waals surface area contributed by atoms with Gasteiger partial charge in [0.2, 0.25) is 0 Å². The minimum atomic E-state index is -1.36. The lowest BCUT2D eigenvalue weighted by atomic mass is 10.2. The number of benzene rings is 1. The normalized spacial score (nSPS) is 11.5. The van der Waals surface area contributed by atoms with Crippen molar-refractivity contribution in [3.63, 3.8) is 0 Å². The number of rotatable bonds is 6. The van der Waals surface area contributed by atoms with E-state index in [9.17, 15) is 18.6 Å². The van der Waals surface area contributed by atoms with E-state index in [1.54, 1.807) is 23.6 Å². The second-order valence-corrected chi connectivity index (χ2v) is 6.87. The molecule has 9 heteroatoms. The molecule has 0 aliphatic heterocycles. The number of hydrogen-bond donors (Lipinski definition) is 2. The first kappa shape index (κ1) is 17.8. The third-order valence-electron chi connectivity index (χ3n) is 2.93. The van der Waals surface area contributed by atoms with Crippen LogP contribution < -0.4 is 11.1 Å². The van der Waals surface area contributed by atoms with Crippen molar-refractivity contribution in [1.82, 2.24) is 0 Å². The van der Waals surface area contributed by atoms with E-state index >= 15 is 0 Å². The van der Waals surface area contributed by atoms with E-state index in [0.717, 1.165) is 11.3 Å². The number of amides is 2. The minimum Gasteiger partial charge on any atom is -0.452 e. The number of anilines is 1. The highest BCUT2D eigenvalue weighted by molar-refractivity contribution is 7.84. The first-order valence-corrected chi connectivity index (χ1v) is 9.10. The number of esters is 1. The van der Waals surface area contributed by atoms with Crippen molar-refractivity contribution in [2.75, 3.05) is 18.2 Å². The molecule has 0 aliphatic carbocycles. The summed E-state index contributed by atoms with van der Waals surface area (Å²) in [5.41, 5.74) is 5.51. The van der Waals surface area contributed by atoms with E-state index in [1.807, 2.05) is 0 Å². The molecule has 0 saturated heterocycles. The van der Waals surface area contributed by atoms with Crippen LogP contribution in [-0.2, 0) is 20.3 Å². The van der Waals surface area contributed by atoms with E-state index in [0.29, 0.717) is 9.90 Å². The van der Waals surface area contributed by atoms with Gasteiger partial charge in [0, 0.05) is 6.26 Å². The highest BCUT2D eigenvalue weighted by atomic mass is 32.2. The monoisotopic (exact) mass is 366 g/mol. The average molecular weight is 366 g/mol. The summed E-state index contributed by atoms with van der Waals surface area (Å²) in [6.07, 6.45) is 1.45. The molecule has 0 radical (unpaired) electrons. The molecular formula is C15H14N2O5S2. The van der Waals surface area contributed by atoms with Crippen LogP contribution in [0.1, 0.15) is 20.7 Å². The fourth-order valence-electron chi connectivity index (χ4n) is 1.86. The lowest BCUT2D eigenvalue weighted by Crippen LogP contribution is -2.22. The van der Waals surface area contributed by atoms with E-state index < -0.39 is 35.2 Å². The summed E-state index contributed by atoms with van der Waals surface area (Å²) in [4.78, 5) is 35.4. The Labute approximate surface area is 144 Å². The van der Waals surface area contributed by atoms with E-state index in [1.165, 1.54) is 18.4 Å². The number of ether oxygens (including phenoxy) is 1. The summed E-state index contributed by atoms with van der Waals surface area (Å²) < 4.78 is 16.5. The van der Waals surface area contributed by atoms with Crippen LogP contribution in [0.25, 0.3) is 0 Å². The molecule has 0 unspecified atom stereocenters. The molecule has 126 valence electrons. The van der Waals surface area contributed by atoms with Crippen molar-refractivity contribution < 1.29 is 23.3 Å². The highest BCUT2D eigenvalue weighted by Gasteiger charge is 2.17. The first-order chi connectivity index (χ1) is 11.4. The van der Waals surface area contributed by atoms with Gasteiger partial charge in [0.1, 0.15) is 5.00 Å². The predicted octanol–water partition coefficient (Wildman–Crippen LogP) is 1.38. The second kappa shape index (κ2) is 7.84. The molecule has 24 heavy (non-hydrogen) atoms. The Morgan fingerprint density at radius 3 is 2.58 bits per heavy atom. The zero-order valence-corrected chi connectivity index (χ0v) is 14.2. The number of thiophene rings is 1. The van der Waals surface area contributed by atoms with Crippen LogP contribution in [0.15, 0.2) is 40.6 Å². The number of primary amides is 1. The molecule has 0 aliphatic rings. The maximum absolute atomic E-state index is 12.0. The Morgan fingerprint density at radius 1 is 1.21 bits per heavy atom. The first-order valence-electron chi connectivity index (χ1n) is 6.67. The lowest BCUT2D eigenvalue weighted by molar-refractivity contribution is -0.119. The maximum atomic E-state index is 12.0. The van der Waals surface area contributed by atoms with Crippen LogP contribution in [0.3, 0.4) is 0 Å². The van der Waals surface area contributed by atoms with Gasteiger partial charge < -0.3 is 15.8 Å². The molecule has 0 spiro atoms. The quantitative estimate of drug-likeness (QED) is 0.749. The van der Waals surface area contributed by atoms with Gasteiger partial charge in [-0.2, -0.15) is 0 Å². The van der Waals surface area contributed by atoms with Crippen molar-refractivity contribution in [2.24, 2.45) is 5.73 Å². The van der Waals surface area contributed by atoms with Crippen LogP contribution in [0, 0.1) is 0 Å². The summed E-state index contributed by atoms with van der Waals surface area (Å²) in [7, 11) is -1.36. The number of nitrogens with one attached hydrogen (secondary N) is 1. The Kier molecular flexibility index (Phi) is 5.83. The van der Waals surface area contributed by atoms with Crippen molar-refractivity contribution in [2.45, 2.75) is 4.90 Å². The number of nitrogens with two attached hydrogens (primary N) is 1. The fourth-order valence-corrected chi connectivity index (χ4v) is 3.40. The SMILES string of the molecule is C[S@](=O)c1ccccc1C(=O)OCC(=O)Nc1sccc1C(N)=O. The third-order valence-corrected chi connectivity index (χ3v) is 4.74. The van der Waals surface area contributed by atoms with Crippen LogP contribution in [-0.4, -0.2) is 34.9 Å². The van der Waals surface area contributed by atoms with Gasteiger partial charge in [0.15, 0.2) is 6.61 Å². The molecule has 1 aromatic heterocycles. The highest BCUT2D eigenvalue weighted by Crippen LogP contribution is 2.22. The van der Waals surface area contributed by atoms with Gasteiger partial charge in [-0.15, -0.1) is 11.3 Å². The van der Waals surface area contributed by atoms with Crippen LogP contribution in [0.5, 0.6) is 0 Å². The standard InChI is InChI=1S/C15H14N2O5S2/c1-24(21)11-5-3-2-4-9(11)15(20)22-8-12(18)17-14-10(13(16)19)6-7-23-14/h2-7H,8H2,1H3,(H2,16,19)(H,17,18)/t24-/m0/s1. The molecule has 2 rings (SSSR count). The van der Waals surface area contributed by atoms with Crippen molar-refractivity contribution >= 4 is 44.9 Å². The minimum absolute atomic E-state index is 0.139. The largest absolute Gasteiger partial charge is 0.452 e. The zero-order chi connectivity index (χ0) is 17.7. The van der Waals surface area contributed by atoms with Gasteiger partial charge in [-0.05, 0) is 23.6 Å². The van der Waals surface area contributed by atoms with E-state index in [4.69, 9.17) is 10.5 Å². The molecule has 7 nitrogen and oxygen atoms in total. The number of carbonyl (C=O) groups excluding carboxylic acids is 3. The molecule has 1 heterocycles. The van der Waals surface area contributed by atoms with Gasteiger partial charge in [0.25, 0.3) is 11.8 Å². The average Bonchev–Trinajstić information content (AvgIpc) is 3.00. The summed E-state index contributed by atoms with van der Waals surface area (Å²) in [6, 6.07) is 7.78. The van der Waals surface area contributed by atoms with Crippen molar-refractivity contribution in [3.05, 3.63) is 46.8 Å². The topological polar surface area (TPSA) is 116 Å². The van der Waals surface area contributed by atoms with E-state index in [2.05, 4.69) is 5.32 Å². The Bertz CT molecular complexity index is 816. The van der Waals surface area contributed by atoms with Gasteiger partial charge in [-0.25, -0.2) is 4.79 Å². The zero-order valence-electron chi connectivity index (χ0n) is 12.6. The molecule has 0 fully saturated rings. The van der Waals surface area contributed by atoms with Crippen LogP contribution >= 0.6 is 11.3 Å². The Balaban J connectivity index is 1.99. The van der Waals surface area contributed by atoms with E-state index in [-0.39, 0.29) is 11.1 Å². The Morgan fingerprint density at radius 2 is 1.92 bits per heavy atom. The smallest absolute Gasteiger partial charge is 0.339 e. The summed E-state index contributed by atoms with van der Waals surface area (Å²) >= 11 is 1.13. The maximum Gasteiger partial charge on any atom is 0.339 e. The number of hydrogen-bond acceptors (Lipinski definition) is 6. The molecule has 0 saturated carbocycles. The summed E-state index contributed by atoms with van der Waals surface area (Å²) in [5, 5.41) is 4.35. The van der Waals surface area contributed by atoms with Crippen LogP contribution in [0.4, 0.5) is 5.00 Å². The predicted molar refractivity (Wildman–Crippen MR) is 90.5 cm³/mol. The molecule has 0 bridgehead atoms. The molecule has 2 aromatic rings. The lowest BCUT2D eigenvalue weighted by Gasteiger charge is -2.08. The molecule has 1 aromatic carbocycles. The molecule has 1 atom stereocenters. The van der Waals surface area contributed by atoms with Crippen LogP contribution in [0.2, 0.25) is 0 Å². The molecular weight excluding hydrogens is 352 g/mol. The third kappa shape index (κ3) is 4.27. The molecule has 3 N–H and O–H groups in total. The van der Waals surface area contributed by atoms with Gasteiger partial charge in [-0.1, -0.05) is 12.1 Å². The summed E-state index contributed by atoms with van der Waals surface area (Å²) in [6.45, 7) is -0.542. The second-order valence-electron chi connectivity index (χ2n) is 4.60.